The fourth-order valence-electron chi connectivity index (χ4n) is 4.32. The lowest BCUT2D eigenvalue weighted by molar-refractivity contribution is 0.405. The number of hydrogen-bond acceptors (Lipinski definition) is 6. The minimum absolute atomic E-state index is 0.234. The quantitative estimate of drug-likeness (QED) is 0.658. The first-order valence-corrected chi connectivity index (χ1v) is 10.4. The van der Waals surface area contributed by atoms with Crippen molar-refractivity contribution in [3.63, 3.8) is 0 Å². The smallest absolute Gasteiger partial charge is 0.187 e. The molecule has 2 aromatic heterocycles. The summed E-state index contributed by atoms with van der Waals surface area (Å²) in [6.45, 7) is 2.69. The number of benzene rings is 1. The zero-order valence-electron chi connectivity index (χ0n) is 16.6. The predicted molar refractivity (Wildman–Crippen MR) is 112 cm³/mol. The summed E-state index contributed by atoms with van der Waals surface area (Å²) in [5.74, 6) is 2.01. The molecule has 1 aliphatic carbocycles. The number of rotatable bonds is 5. The molecule has 150 valence electrons. The van der Waals surface area contributed by atoms with E-state index in [1.165, 1.54) is 6.33 Å². The maximum absolute atomic E-state index is 14.8. The summed E-state index contributed by atoms with van der Waals surface area (Å²) in [6, 6.07) is 8.14. The van der Waals surface area contributed by atoms with Crippen molar-refractivity contribution in [3.8, 4) is 0 Å². The van der Waals surface area contributed by atoms with E-state index in [4.69, 9.17) is 0 Å². The van der Waals surface area contributed by atoms with E-state index in [2.05, 4.69) is 30.9 Å². The number of anilines is 2. The van der Waals surface area contributed by atoms with Crippen LogP contribution < -0.4 is 9.80 Å². The number of nitrogens with zero attached hydrogens (tertiary/aromatic N) is 6. The summed E-state index contributed by atoms with van der Waals surface area (Å²) in [7, 11) is 1.94. The molecule has 3 heterocycles. The van der Waals surface area contributed by atoms with E-state index in [-0.39, 0.29) is 11.7 Å². The number of hydrogen-bond donors (Lipinski definition) is 0. The molecule has 1 aliphatic heterocycles. The van der Waals surface area contributed by atoms with Crippen LogP contribution in [0.2, 0.25) is 0 Å². The van der Waals surface area contributed by atoms with Crippen LogP contribution >= 0.6 is 0 Å². The van der Waals surface area contributed by atoms with Gasteiger partial charge in [-0.2, -0.15) is 0 Å². The zero-order chi connectivity index (χ0) is 19.8. The van der Waals surface area contributed by atoms with Crippen molar-refractivity contribution in [1.29, 1.82) is 0 Å². The third-order valence-electron chi connectivity index (χ3n) is 6.09. The lowest BCUT2D eigenvalue weighted by Gasteiger charge is -2.35. The SMILES string of the molecule is CN(CC1CCN(c2ncnc3ccccc23)CC1)c1ncnc(C2CC2)c1F. The van der Waals surface area contributed by atoms with Crippen LogP contribution in [-0.2, 0) is 0 Å². The van der Waals surface area contributed by atoms with Gasteiger partial charge in [-0.15, -0.1) is 0 Å². The van der Waals surface area contributed by atoms with Gasteiger partial charge >= 0.3 is 0 Å². The highest BCUT2D eigenvalue weighted by atomic mass is 19.1. The first-order chi connectivity index (χ1) is 14.2. The molecule has 1 aromatic carbocycles. The Bertz CT molecular complexity index is 1010. The third-order valence-corrected chi connectivity index (χ3v) is 6.09. The molecule has 0 amide bonds. The molecule has 0 unspecified atom stereocenters. The van der Waals surface area contributed by atoms with Gasteiger partial charge in [-0.05, 0) is 43.7 Å². The molecule has 1 saturated carbocycles. The molecule has 0 bridgehead atoms. The molecule has 3 aromatic rings. The average Bonchev–Trinajstić information content (AvgIpc) is 3.59. The van der Waals surface area contributed by atoms with Crippen LogP contribution in [0.15, 0.2) is 36.9 Å². The summed E-state index contributed by atoms with van der Waals surface area (Å²) in [4.78, 5) is 21.6. The topological polar surface area (TPSA) is 58.0 Å². The lowest BCUT2D eigenvalue weighted by atomic mass is 9.96. The van der Waals surface area contributed by atoms with Gasteiger partial charge in [0.25, 0.3) is 0 Å². The van der Waals surface area contributed by atoms with E-state index in [1.807, 2.05) is 30.1 Å². The standard InChI is InChI=1S/C22H25FN6/c1-28(22-19(23)20(16-6-7-16)25-14-27-22)12-15-8-10-29(11-9-15)21-17-4-2-3-5-18(17)24-13-26-21/h2-5,13-16H,6-12H2,1H3. The molecule has 7 heteroatoms. The Morgan fingerprint density at radius 1 is 1.00 bits per heavy atom. The fraction of sp³-hybridized carbons (Fsp3) is 0.455. The van der Waals surface area contributed by atoms with Gasteiger partial charge in [0.05, 0.1) is 11.2 Å². The van der Waals surface area contributed by atoms with Crippen molar-refractivity contribution >= 4 is 22.5 Å². The minimum Gasteiger partial charge on any atom is -0.357 e. The van der Waals surface area contributed by atoms with Gasteiger partial charge in [-0.1, -0.05) is 12.1 Å². The van der Waals surface area contributed by atoms with Crippen molar-refractivity contribution in [3.05, 3.63) is 48.4 Å². The van der Waals surface area contributed by atoms with Gasteiger partial charge in [-0.25, -0.2) is 24.3 Å². The highest BCUT2D eigenvalue weighted by Gasteiger charge is 2.31. The molecule has 0 N–H and O–H groups in total. The van der Waals surface area contributed by atoms with Gasteiger partial charge in [0.2, 0.25) is 0 Å². The van der Waals surface area contributed by atoms with Crippen LogP contribution in [0.1, 0.15) is 37.3 Å². The molecule has 0 spiro atoms. The summed E-state index contributed by atoms with van der Waals surface area (Å²) >= 11 is 0. The first kappa shape index (κ1) is 18.2. The normalized spacial score (nSPS) is 17.7. The van der Waals surface area contributed by atoms with Crippen LogP contribution in [0.25, 0.3) is 10.9 Å². The molecule has 5 rings (SSSR count). The fourth-order valence-corrected chi connectivity index (χ4v) is 4.32. The number of para-hydroxylation sites is 1. The molecule has 2 fully saturated rings. The van der Waals surface area contributed by atoms with Crippen molar-refractivity contribution in [2.45, 2.75) is 31.6 Å². The molecule has 2 aliphatic rings. The van der Waals surface area contributed by atoms with E-state index in [0.717, 1.165) is 62.0 Å². The van der Waals surface area contributed by atoms with Crippen molar-refractivity contribution in [2.75, 3.05) is 36.5 Å². The maximum Gasteiger partial charge on any atom is 0.187 e. The van der Waals surface area contributed by atoms with Crippen LogP contribution in [0.5, 0.6) is 0 Å². The highest BCUT2D eigenvalue weighted by Crippen LogP contribution is 2.41. The van der Waals surface area contributed by atoms with Crippen LogP contribution in [0.4, 0.5) is 16.0 Å². The molecule has 6 nitrogen and oxygen atoms in total. The highest BCUT2D eigenvalue weighted by molar-refractivity contribution is 5.89. The van der Waals surface area contributed by atoms with Gasteiger partial charge in [0, 0.05) is 38.0 Å². The van der Waals surface area contributed by atoms with Crippen LogP contribution in [-0.4, -0.2) is 46.6 Å². The molecular formula is C22H25FN6. The molecular weight excluding hydrogens is 367 g/mol. The Morgan fingerprint density at radius 3 is 2.55 bits per heavy atom. The van der Waals surface area contributed by atoms with Crippen molar-refractivity contribution in [1.82, 2.24) is 19.9 Å². The maximum atomic E-state index is 14.8. The Hall–Kier alpha value is -2.83. The van der Waals surface area contributed by atoms with Gasteiger partial charge in [0.15, 0.2) is 11.6 Å². The van der Waals surface area contributed by atoms with Crippen molar-refractivity contribution < 1.29 is 4.39 Å². The summed E-state index contributed by atoms with van der Waals surface area (Å²) in [5, 5.41) is 1.10. The van der Waals surface area contributed by atoms with Crippen molar-refractivity contribution in [2.24, 2.45) is 5.92 Å². The number of fused-ring (bicyclic) bond motifs is 1. The Kier molecular flexibility index (Phi) is 4.73. The Morgan fingerprint density at radius 2 is 1.76 bits per heavy atom. The average molecular weight is 392 g/mol. The Labute approximate surface area is 169 Å². The molecule has 29 heavy (non-hydrogen) atoms. The minimum atomic E-state index is -0.234. The second-order valence-electron chi connectivity index (χ2n) is 8.20. The third kappa shape index (κ3) is 3.61. The van der Waals surface area contributed by atoms with E-state index >= 15 is 0 Å². The number of piperidine rings is 1. The van der Waals surface area contributed by atoms with E-state index in [0.29, 0.717) is 17.4 Å². The van der Waals surface area contributed by atoms with Gasteiger partial charge in [0.1, 0.15) is 18.5 Å². The second kappa shape index (κ2) is 7.54. The second-order valence-corrected chi connectivity index (χ2v) is 8.20. The summed E-state index contributed by atoms with van der Waals surface area (Å²) < 4.78 is 14.8. The zero-order valence-corrected chi connectivity index (χ0v) is 16.6. The van der Waals surface area contributed by atoms with Crippen LogP contribution in [0.3, 0.4) is 0 Å². The number of aromatic nitrogens is 4. The van der Waals surface area contributed by atoms with E-state index in [9.17, 15) is 4.39 Å². The molecule has 0 atom stereocenters. The first-order valence-electron chi connectivity index (χ1n) is 10.4. The summed E-state index contributed by atoms with van der Waals surface area (Å²) in [5.41, 5.74) is 1.57. The lowest BCUT2D eigenvalue weighted by Crippen LogP contribution is -2.38. The summed E-state index contributed by atoms with van der Waals surface area (Å²) in [6.07, 6.45) is 7.31. The predicted octanol–water partition coefficient (Wildman–Crippen LogP) is 3.79. The van der Waals surface area contributed by atoms with E-state index < -0.39 is 0 Å². The Balaban J connectivity index is 1.25. The number of halogens is 1. The molecule has 1 saturated heterocycles. The van der Waals surface area contributed by atoms with E-state index in [1.54, 1.807) is 6.33 Å². The van der Waals surface area contributed by atoms with Gasteiger partial charge in [-0.3, -0.25) is 0 Å². The molecule has 0 radical (unpaired) electrons. The van der Waals surface area contributed by atoms with Crippen LogP contribution in [0, 0.1) is 11.7 Å². The largest absolute Gasteiger partial charge is 0.357 e. The monoisotopic (exact) mass is 392 g/mol. The van der Waals surface area contributed by atoms with Gasteiger partial charge < -0.3 is 9.80 Å².